The van der Waals surface area contributed by atoms with Gasteiger partial charge in [-0.05, 0) is 31.4 Å². The Bertz CT molecular complexity index is 522. The van der Waals surface area contributed by atoms with Crippen LogP contribution < -0.4 is 11.1 Å². The van der Waals surface area contributed by atoms with Crippen molar-refractivity contribution in [3.05, 3.63) is 22.5 Å². The minimum Gasteiger partial charge on any atom is -0.478 e. The quantitative estimate of drug-likeness (QED) is 0.753. The van der Waals surface area contributed by atoms with Crippen LogP contribution in [0, 0.1) is 0 Å². The maximum Gasteiger partial charge on any atom is 0.338 e. The normalized spacial score (nSPS) is 19.4. The summed E-state index contributed by atoms with van der Waals surface area (Å²) in [5.74, 6) is -0.581. The molecule has 1 fully saturated rings. The van der Waals surface area contributed by atoms with Gasteiger partial charge in [0.1, 0.15) is 0 Å². The molecule has 102 valence electrons. The summed E-state index contributed by atoms with van der Waals surface area (Å²) in [5.41, 5.74) is 9.34. The zero-order valence-corrected chi connectivity index (χ0v) is 10.9. The monoisotopic (exact) mass is 261 g/mol. The van der Waals surface area contributed by atoms with Crippen LogP contribution in [-0.2, 0) is 13.0 Å². The summed E-state index contributed by atoms with van der Waals surface area (Å²) in [6, 6.07) is 0. The lowest BCUT2D eigenvalue weighted by molar-refractivity contribution is 0.0696. The Balaban J connectivity index is 2.15. The highest BCUT2D eigenvalue weighted by atomic mass is 16.4. The molecule has 0 saturated heterocycles. The molecular formula is C14H19N3O2. The maximum atomic E-state index is 11.5. The number of carboxylic acid groups (broad SMARTS) is 1. The van der Waals surface area contributed by atoms with Gasteiger partial charge in [-0.1, -0.05) is 12.8 Å². The lowest BCUT2D eigenvalue weighted by Gasteiger charge is -2.23. The lowest BCUT2D eigenvalue weighted by Crippen LogP contribution is -2.28. The number of nitrogens with one attached hydrogen (secondary N) is 1. The van der Waals surface area contributed by atoms with Crippen molar-refractivity contribution in [3.8, 4) is 0 Å². The Kier molecular flexibility index (Phi) is 3.14. The molecule has 19 heavy (non-hydrogen) atoms. The van der Waals surface area contributed by atoms with Gasteiger partial charge < -0.3 is 16.2 Å². The smallest absolute Gasteiger partial charge is 0.338 e. The molecule has 1 aromatic heterocycles. The molecule has 5 nitrogen and oxygen atoms in total. The highest BCUT2D eigenvalue weighted by molar-refractivity contribution is 5.96. The summed E-state index contributed by atoms with van der Waals surface area (Å²) >= 11 is 0. The van der Waals surface area contributed by atoms with Gasteiger partial charge in [0, 0.05) is 12.5 Å². The highest BCUT2D eigenvalue weighted by Gasteiger charge is 2.28. The van der Waals surface area contributed by atoms with Crippen LogP contribution >= 0.6 is 0 Å². The topological polar surface area (TPSA) is 88.2 Å². The van der Waals surface area contributed by atoms with Gasteiger partial charge in [-0.2, -0.15) is 0 Å². The van der Waals surface area contributed by atoms with Crippen LogP contribution in [0.15, 0.2) is 0 Å². The number of hydrogen-bond donors (Lipinski definition) is 3. The predicted molar refractivity (Wildman–Crippen MR) is 72.2 cm³/mol. The first-order valence-electron chi connectivity index (χ1n) is 6.93. The van der Waals surface area contributed by atoms with Gasteiger partial charge in [-0.25, -0.2) is 4.79 Å². The zero-order chi connectivity index (χ0) is 13.4. The minimum absolute atomic E-state index is 0.299. The van der Waals surface area contributed by atoms with Crippen LogP contribution in [0.1, 0.15) is 58.9 Å². The number of fused-ring (bicyclic) bond motifs is 1. The van der Waals surface area contributed by atoms with E-state index < -0.39 is 5.97 Å². The van der Waals surface area contributed by atoms with Crippen LogP contribution in [-0.4, -0.2) is 22.6 Å². The Labute approximate surface area is 112 Å². The minimum atomic E-state index is -0.919. The molecular weight excluding hydrogens is 242 g/mol. The van der Waals surface area contributed by atoms with Crippen molar-refractivity contribution in [2.24, 2.45) is 0 Å². The maximum absolute atomic E-state index is 11.5. The molecule has 0 aromatic carbocycles. The summed E-state index contributed by atoms with van der Waals surface area (Å²) in [6.07, 6.45) is 5.21. The van der Waals surface area contributed by atoms with Gasteiger partial charge in [-0.15, -0.1) is 0 Å². The molecule has 0 unspecified atom stereocenters. The molecule has 0 atom stereocenters. The molecule has 1 aliphatic heterocycles. The van der Waals surface area contributed by atoms with Crippen molar-refractivity contribution in [1.29, 1.82) is 0 Å². The van der Waals surface area contributed by atoms with E-state index in [1.165, 1.54) is 12.8 Å². The van der Waals surface area contributed by atoms with Gasteiger partial charge in [0.05, 0.1) is 22.6 Å². The Hall–Kier alpha value is -1.62. The second kappa shape index (κ2) is 4.81. The van der Waals surface area contributed by atoms with Crippen molar-refractivity contribution in [1.82, 2.24) is 10.3 Å². The summed E-state index contributed by atoms with van der Waals surface area (Å²) in [6.45, 7) is 1.44. The molecule has 5 heteroatoms. The number of nitrogens with zero attached hydrogens (tertiary/aromatic N) is 1. The number of rotatable bonds is 2. The van der Waals surface area contributed by atoms with Crippen molar-refractivity contribution >= 4 is 11.7 Å². The number of hydrogen-bond acceptors (Lipinski definition) is 4. The Morgan fingerprint density at radius 2 is 2.11 bits per heavy atom. The van der Waals surface area contributed by atoms with Crippen LogP contribution in [0.2, 0.25) is 0 Å². The van der Waals surface area contributed by atoms with Gasteiger partial charge in [-0.3, -0.25) is 4.98 Å². The number of nitrogen functional groups attached to an aromatic ring is 1. The van der Waals surface area contributed by atoms with Crippen molar-refractivity contribution in [2.75, 3.05) is 12.3 Å². The molecule has 0 spiro atoms. The van der Waals surface area contributed by atoms with Crippen LogP contribution in [0.25, 0.3) is 0 Å². The molecule has 1 aliphatic carbocycles. The standard InChI is InChI=1S/C14H19N3O2/c15-12-11(14(18)19)9-5-6-16-7-10(9)17-13(12)8-3-1-2-4-8/h8,16H,1-7,15H2,(H,18,19). The summed E-state index contributed by atoms with van der Waals surface area (Å²) in [7, 11) is 0. The van der Waals surface area contributed by atoms with E-state index in [-0.39, 0.29) is 0 Å². The lowest BCUT2D eigenvalue weighted by atomic mass is 9.93. The summed E-state index contributed by atoms with van der Waals surface area (Å²) < 4.78 is 0. The summed E-state index contributed by atoms with van der Waals surface area (Å²) in [5, 5.41) is 12.7. The third-order valence-electron chi connectivity index (χ3n) is 4.25. The van der Waals surface area contributed by atoms with Crippen molar-refractivity contribution in [2.45, 2.75) is 44.6 Å². The Morgan fingerprint density at radius 1 is 1.37 bits per heavy atom. The molecule has 3 rings (SSSR count). The van der Waals surface area contributed by atoms with E-state index in [4.69, 9.17) is 5.73 Å². The average Bonchev–Trinajstić information content (AvgIpc) is 2.91. The largest absolute Gasteiger partial charge is 0.478 e. The third kappa shape index (κ3) is 2.08. The van der Waals surface area contributed by atoms with E-state index in [0.29, 0.717) is 30.1 Å². The molecule has 1 saturated carbocycles. The predicted octanol–water partition coefficient (Wildman–Crippen LogP) is 1.67. The fourth-order valence-corrected chi connectivity index (χ4v) is 3.30. The zero-order valence-electron chi connectivity index (χ0n) is 10.9. The molecule has 0 amide bonds. The van der Waals surface area contributed by atoms with E-state index >= 15 is 0 Å². The number of pyridine rings is 1. The molecule has 0 bridgehead atoms. The summed E-state index contributed by atoms with van der Waals surface area (Å²) in [4.78, 5) is 16.2. The number of carboxylic acids is 1. The molecule has 2 heterocycles. The number of nitrogens with two attached hydrogens (primary N) is 1. The van der Waals surface area contributed by atoms with Gasteiger partial charge in [0.25, 0.3) is 0 Å². The van der Waals surface area contributed by atoms with Crippen molar-refractivity contribution < 1.29 is 9.90 Å². The van der Waals surface area contributed by atoms with Gasteiger partial charge in [0.15, 0.2) is 0 Å². The van der Waals surface area contributed by atoms with Crippen molar-refractivity contribution in [3.63, 3.8) is 0 Å². The number of anilines is 1. The SMILES string of the molecule is Nc1c(C2CCCC2)nc2c(c1C(=O)O)CCNC2. The van der Waals surface area contributed by atoms with E-state index in [1.807, 2.05) is 0 Å². The molecule has 4 N–H and O–H groups in total. The first-order chi connectivity index (χ1) is 9.18. The second-order valence-electron chi connectivity index (χ2n) is 5.42. The van der Waals surface area contributed by atoms with E-state index in [0.717, 1.165) is 36.3 Å². The van der Waals surface area contributed by atoms with Crippen LogP contribution in [0.3, 0.4) is 0 Å². The first kappa shape index (κ1) is 12.4. The number of aromatic nitrogens is 1. The first-order valence-corrected chi connectivity index (χ1v) is 6.93. The van der Waals surface area contributed by atoms with E-state index in [1.54, 1.807) is 0 Å². The molecule has 1 aromatic rings. The highest BCUT2D eigenvalue weighted by Crippen LogP contribution is 2.38. The van der Waals surface area contributed by atoms with Gasteiger partial charge in [0.2, 0.25) is 0 Å². The van der Waals surface area contributed by atoms with E-state index in [2.05, 4.69) is 10.3 Å². The number of carbonyl (C=O) groups is 1. The van der Waals surface area contributed by atoms with Crippen LogP contribution in [0.4, 0.5) is 5.69 Å². The molecule has 0 radical (unpaired) electrons. The third-order valence-corrected chi connectivity index (χ3v) is 4.25. The fourth-order valence-electron chi connectivity index (χ4n) is 3.30. The second-order valence-corrected chi connectivity index (χ2v) is 5.42. The Morgan fingerprint density at radius 3 is 2.79 bits per heavy atom. The van der Waals surface area contributed by atoms with E-state index in [9.17, 15) is 9.90 Å². The average molecular weight is 261 g/mol. The molecule has 2 aliphatic rings. The van der Waals surface area contributed by atoms with Gasteiger partial charge >= 0.3 is 5.97 Å². The number of aromatic carboxylic acids is 1. The fraction of sp³-hybridized carbons (Fsp3) is 0.571. The van der Waals surface area contributed by atoms with Crippen LogP contribution in [0.5, 0.6) is 0 Å².